The topological polar surface area (TPSA) is 91.6 Å². The maximum absolute atomic E-state index is 10.5. The van der Waals surface area contributed by atoms with E-state index in [1.165, 1.54) is 17.2 Å². The molecule has 0 fully saturated rings. The minimum atomic E-state index is -1.04. The van der Waals surface area contributed by atoms with Crippen LogP contribution in [0.5, 0.6) is 11.5 Å². The number of nitrogens with one attached hydrogen (secondary N) is 1. The lowest BCUT2D eigenvalue weighted by Gasteiger charge is -2.25. The van der Waals surface area contributed by atoms with Gasteiger partial charge in [-0.2, -0.15) is 5.10 Å². The van der Waals surface area contributed by atoms with Crippen LogP contribution in [0.1, 0.15) is 42.0 Å². The van der Waals surface area contributed by atoms with Gasteiger partial charge < -0.3 is 20.2 Å². The van der Waals surface area contributed by atoms with E-state index in [2.05, 4.69) is 41.7 Å². The largest absolute Gasteiger partial charge is 0.508 e. The van der Waals surface area contributed by atoms with E-state index in [1.54, 1.807) is 11.0 Å². The summed E-state index contributed by atoms with van der Waals surface area (Å²) in [6.45, 7) is 3.94. The number of nitrogens with zero attached hydrogens (tertiary/aromatic N) is 3. The minimum Gasteiger partial charge on any atom is -0.508 e. The molecule has 154 valence electrons. The molecule has 0 aromatic heterocycles. The van der Waals surface area contributed by atoms with Gasteiger partial charge in [0, 0.05) is 17.8 Å². The Morgan fingerprint density at radius 1 is 1.07 bits per heavy atom. The third kappa shape index (κ3) is 3.41. The summed E-state index contributed by atoms with van der Waals surface area (Å²) in [4.78, 5) is 3.90. The first kappa shape index (κ1) is 19.5. The van der Waals surface area contributed by atoms with Crippen LogP contribution in [-0.2, 0) is 12.8 Å². The number of likely N-dealkylation sites (N-methyl/N-ethyl adjacent to an activating group) is 1. The maximum atomic E-state index is 10.5. The number of phenols is 2. The van der Waals surface area contributed by atoms with E-state index in [1.807, 2.05) is 19.9 Å². The van der Waals surface area contributed by atoms with Crippen LogP contribution in [0.3, 0.4) is 0 Å². The summed E-state index contributed by atoms with van der Waals surface area (Å²) < 4.78 is 0. The Kier molecular flexibility index (Phi) is 4.88. The van der Waals surface area contributed by atoms with Crippen LogP contribution in [-0.4, -0.2) is 52.5 Å². The highest BCUT2D eigenvalue weighted by atomic mass is 16.3. The molecule has 0 spiro atoms. The lowest BCUT2D eigenvalue weighted by atomic mass is 9.98. The van der Waals surface area contributed by atoms with Gasteiger partial charge in [-0.25, -0.2) is 0 Å². The number of fused-ring (bicyclic) bond motifs is 1. The molecular formula is C22H28N4O3. The van der Waals surface area contributed by atoms with Gasteiger partial charge in [-0.1, -0.05) is 19.9 Å². The molecule has 2 aromatic rings. The Bertz CT molecular complexity index is 971. The first-order valence-electron chi connectivity index (χ1n) is 9.91. The third-order valence-electron chi connectivity index (χ3n) is 5.88. The summed E-state index contributed by atoms with van der Waals surface area (Å²) in [5, 5.41) is 35.4. The van der Waals surface area contributed by atoms with Crippen LogP contribution in [0, 0.1) is 0 Å². The Morgan fingerprint density at radius 2 is 1.79 bits per heavy atom. The zero-order chi connectivity index (χ0) is 20.9. The van der Waals surface area contributed by atoms with Crippen molar-refractivity contribution in [1.29, 1.82) is 0 Å². The number of hydrogen-bond acceptors (Lipinski definition) is 7. The number of rotatable bonds is 4. The van der Waals surface area contributed by atoms with Crippen LogP contribution in [0.2, 0.25) is 0 Å². The van der Waals surface area contributed by atoms with E-state index < -0.39 is 6.35 Å². The molecule has 0 amide bonds. The molecule has 2 aliphatic rings. The molecule has 0 bridgehead atoms. The number of aliphatic hydroxyl groups excluding tert-OH is 1. The van der Waals surface area contributed by atoms with Gasteiger partial charge in [0.25, 0.3) is 0 Å². The zero-order valence-electron chi connectivity index (χ0n) is 17.2. The van der Waals surface area contributed by atoms with Crippen molar-refractivity contribution in [1.82, 2.24) is 10.3 Å². The van der Waals surface area contributed by atoms with Gasteiger partial charge in [0.15, 0.2) is 5.84 Å². The standard InChI is InChI=1S/C22H28N4O3/c1-12(2)17-10-18(20(28)11-19(17)27)21-23-24-22(29)26(21)15-6-5-13-7-16(25(3)4)9-14(13)8-15/h5-6,8,10-12,16,22,24,27-29H,7,9H2,1-4H3. The number of amidine groups is 1. The molecule has 2 atom stereocenters. The summed E-state index contributed by atoms with van der Waals surface area (Å²) in [5.41, 5.74) is 7.25. The van der Waals surface area contributed by atoms with Gasteiger partial charge in [0.1, 0.15) is 11.5 Å². The van der Waals surface area contributed by atoms with Crippen molar-refractivity contribution < 1.29 is 15.3 Å². The van der Waals surface area contributed by atoms with Crippen LogP contribution in [0.4, 0.5) is 5.69 Å². The van der Waals surface area contributed by atoms with Gasteiger partial charge in [-0.15, -0.1) is 0 Å². The Morgan fingerprint density at radius 3 is 2.48 bits per heavy atom. The molecule has 4 rings (SSSR count). The highest BCUT2D eigenvalue weighted by Gasteiger charge is 2.32. The van der Waals surface area contributed by atoms with Gasteiger partial charge in [0.05, 0.1) is 5.56 Å². The predicted molar refractivity (Wildman–Crippen MR) is 113 cm³/mol. The molecule has 2 unspecified atom stereocenters. The molecule has 29 heavy (non-hydrogen) atoms. The van der Waals surface area contributed by atoms with E-state index >= 15 is 0 Å². The van der Waals surface area contributed by atoms with Crippen LogP contribution < -0.4 is 10.3 Å². The molecule has 4 N–H and O–H groups in total. The molecule has 1 aliphatic heterocycles. The predicted octanol–water partition coefficient (Wildman–Crippen LogP) is 2.30. The molecule has 1 heterocycles. The second-order valence-corrected chi connectivity index (χ2v) is 8.37. The number of aromatic hydroxyl groups is 2. The molecule has 0 saturated carbocycles. The van der Waals surface area contributed by atoms with Crippen LogP contribution >= 0.6 is 0 Å². The lowest BCUT2D eigenvalue weighted by molar-refractivity contribution is 0.159. The highest BCUT2D eigenvalue weighted by molar-refractivity contribution is 6.12. The number of anilines is 1. The van der Waals surface area contributed by atoms with E-state index in [0.717, 1.165) is 18.5 Å². The van der Waals surface area contributed by atoms with Crippen molar-refractivity contribution in [2.75, 3.05) is 19.0 Å². The lowest BCUT2D eigenvalue weighted by Crippen LogP contribution is -2.40. The summed E-state index contributed by atoms with van der Waals surface area (Å²) in [6.07, 6.45) is 0.938. The molecule has 7 heteroatoms. The van der Waals surface area contributed by atoms with E-state index in [9.17, 15) is 15.3 Å². The van der Waals surface area contributed by atoms with Crippen LogP contribution in [0.15, 0.2) is 35.4 Å². The van der Waals surface area contributed by atoms with Crippen molar-refractivity contribution >= 4 is 11.5 Å². The van der Waals surface area contributed by atoms with Crippen molar-refractivity contribution in [2.45, 2.75) is 45.0 Å². The Balaban J connectivity index is 1.72. The monoisotopic (exact) mass is 396 g/mol. The Hall–Kier alpha value is -2.77. The molecule has 0 saturated heterocycles. The van der Waals surface area contributed by atoms with Gasteiger partial charge in [-0.05, 0) is 67.7 Å². The first-order chi connectivity index (χ1) is 13.8. The van der Waals surface area contributed by atoms with Crippen molar-refractivity contribution in [3.8, 4) is 11.5 Å². The minimum absolute atomic E-state index is 0.0483. The summed E-state index contributed by atoms with van der Waals surface area (Å²) in [6, 6.07) is 9.71. The molecule has 2 aromatic carbocycles. The fraction of sp³-hybridized carbons (Fsp3) is 0.409. The van der Waals surface area contributed by atoms with E-state index in [0.29, 0.717) is 23.0 Å². The summed E-state index contributed by atoms with van der Waals surface area (Å²) >= 11 is 0. The average molecular weight is 396 g/mol. The molecule has 1 aliphatic carbocycles. The van der Waals surface area contributed by atoms with E-state index in [-0.39, 0.29) is 17.4 Å². The Labute approximate surface area is 170 Å². The van der Waals surface area contributed by atoms with E-state index in [4.69, 9.17) is 0 Å². The average Bonchev–Trinajstić information content (AvgIpc) is 3.24. The van der Waals surface area contributed by atoms with Gasteiger partial charge in [0.2, 0.25) is 6.35 Å². The second-order valence-electron chi connectivity index (χ2n) is 8.37. The quantitative estimate of drug-likeness (QED) is 0.634. The van der Waals surface area contributed by atoms with Crippen molar-refractivity contribution in [3.63, 3.8) is 0 Å². The maximum Gasteiger partial charge on any atom is 0.225 e. The highest BCUT2D eigenvalue weighted by Crippen LogP contribution is 2.36. The third-order valence-corrected chi connectivity index (χ3v) is 5.88. The van der Waals surface area contributed by atoms with Gasteiger partial charge >= 0.3 is 0 Å². The molecular weight excluding hydrogens is 368 g/mol. The number of hydrazone groups is 1. The number of phenolic OH excluding ortho intramolecular Hbond substituents is 2. The normalized spacial score (nSPS) is 20.9. The smallest absolute Gasteiger partial charge is 0.225 e. The number of hydrogen-bond donors (Lipinski definition) is 4. The zero-order valence-corrected chi connectivity index (χ0v) is 17.2. The summed E-state index contributed by atoms with van der Waals surface area (Å²) in [7, 11) is 4.19. The summed E-state index contributed by atoms with van der Waals surface area (Å²) in [5.74, 6) is 0.456. The SMILES string of the molecule is CC(C)c1cc(C2=NNC(O)N2c2ccc3c(c2)CC(N(C)C)C3)c(O)cc1O. The van der Waals surface area contributed by atoms with Crippen LogP contribution in [0.25, 0.3) is 0 Å². The molecule has 7 nitrogen and oxygen atoms in total. The van der Waals surface area contributed by atoms with Crippen molar-refractivity contribution in [2.24, 2.45) is 5.10 Å². The number of benzene rings is 2. The fourth-order valence-electron chi connectivity index (χ4n) is 4.13. The number of aliphatic hydroxyl groups is 1. The van der Waals surface area contributed by atoms with Gasteiger partial charge in [-0.3, -0.25) is 10.3 Å². The van der Waals surface area contributed by atoms with Crippen molar-refractivity contribution in [3.05, 3.63) is 52.6 Å². The fourth-order valence-corrected chi connectivity index (χ4v) is 4.13. The second kappa shape index (κ2) is 7.24. The first-order valence-corrected chi connectivity index (χ1v) is 9.91. The molecule has 0 radical (unpaired) electrons.